The van der Waals surface area contributed by atoms with E-state index in [-0.39, 0.29) is 64.9 Å². The first-order valence-electron chi connectivity index (χ1n) is 0. The van der Waals surface area contributed by atoms with Gasteiger partial charge < -0.3 is 8.33 Å². The van der Waals surface area contributed by atoms with Gasteiger partial charge in [0.1, 0.15) is 0 Å². The van der Waals surface area contributed by atoms with Crippen LogP contribution in [0.3, 0.4) is 0 Å². The van der Waals surface area contributed by atoms with E-state index < -0.39 is 0 Å². The standard InChI is InChI=1S/Mg.Mn.Ni.H2O.2H/h;;;1H2;;/q+2;;;;2*-1. The predicted molar refractivity (Wildman–Crippen MR) is 11.6 cm³/mol. The second-order valence-corrected chi connectivity index (χ2v) is 0. The van der Waals surface area contributed by atoms with E-state index in [2.05, 4.69) is 0 Å². The molecule has 0 saturated heterocycles. The third-order valence-corrected chi connectivity index (χ3v) is 0. The molecule has 0 aliphatic heterocycles. The Morgan fingerprint density at radius 3 is 1.25 bits per heavy atom. The third kappa shape index (κ3) is 9.28. The van der Waals surface area contributed by atoms with Gasteiger partial charge in [-0.05, 0) is 0 Å². The van der Waals surface area contributed by atoms with Crippen molar-refractivity contribution in [2.75, 3.05) is 0 Å². The first-order valence-corrected chi connectivity index (χ1v) is 0. The number of hydrogen-bond donors (Lipinski definition) is 0. The van der Waals surface area contributed by atoms with Crippen molar-refractivity contribution in [2.24, 2.45) is 0 Å². The summed E-state index contributed by atoms with van der Waals surface area (Å²) in [5, 5.41) is 0. The van der Waals surface area contributed by atoms with Crippen LogP contribution in [0, 0.1) is 0 Å². The largest absolute Gasteiger partial charge is 2.00 e. The Kier molecular flexibility index (Phi) is 233. The Morgan fingerprint density at radius 2 is 1.25 bits per heavy atom. The average molecular weight is 158 g/mol. The molecule has 0 rings (SSSR count). The average Bonchev–Trinajstić information content (AvgIpc) is 0. The van der Waals surface area contributed by atoms with Gasteiger partial charge in [0.25, 0.3) is 0 Å². The smallest absolute Gasteiger partial charge is 1.00 e. The monoisotopic (exact) mass is 157 g/mol. The molecule has 4 heteroatoms. The summed E-state index contributed by atoms with van der Waals surface area (Å²) in [6.07, 6.45) is 0. The molecule has 0 aliphatic rings. The molecule has 0 aromatic rings. The minimum Gasteiger partial charge on any atom is -1.00 e. The maximum Gasteiger partial charge on any atom is 2.00 e. The molecule has 0 aromatic carbocycles. The molecular weight excluding hydrogens is 154 g/mol. The molecule has 0 bridgehead atoms. The zero-order valence-corrected chi connectivity index (χ0v) is 5.48. The molecule has 29 valence electrons. The molecule has 0 heterocycles. The third-order valence-electron chi connectivity index (χ3n) is 0. The van der Waals surface area contributed by atoms with Crippen LogP contribution >= 0.6 is 0 Å². The molecule has 2 N–H and O–H groups in total. The van der Waals surface area contributed by atoms with Crippen LogP contribution in [0.2, 0.25) is 0 Å². The van der Waals surface area contributed by atoms with Crippen LogP contribution in [0.4, 0.5) is 0 Å². The Balaban J connectivity index is 0. The summed E-state index contributed by atoms with van der Waals surface area (Å²) < 4.78 is 0. The number of hydrogen-bond acceptors (Lipinski definition) is 0. The quantitative estimate of drug-likeness (QED) is 0.405. The van der Waals surface area contributed by atoms with E-state index in [0.29, 0.717) is 0 Å². The fourth-order valence-corrected chi connectivity index (χ4v) is 0. The van der Waals surface area contributed by atoms with E-state index in [1.54, 1.807) is 0 Å². The van der Waals surface area contributed by atoms with Crippen molar-refractivity contribution < 1.29 is 41.9 Å². The van der Waals surface area contributed by atoms with E-state index in [0.717, 1.165) is 0 Å². The van der Waals surface area contributed by atoms with Gasteiger partial charge in [-0.25, -0.2) is 0 Å². The van der Waals surface area contributed by atoms with Crippen LogP contribution in [-0.2, 0) is 33.6 Å². The van der Waals surface area contributed by atoms with Crippen LogP contribution in [0.25, 0.3) is 0 Å². The zero-order chi connectivity index (χ0) is 0. The molecule has 0 amide bonds. The van der Waals surface area contributed by atoms with Gasteiger partial charge in [0.15, 0.2) is 0 Å². The van der Waals surface area contributed by atoms with Gasteiger partial charge in [-0.2, -0.15) is 0 Å². The van der Waals surface area contributed by atoms with Gasteiger partial charge in [-0.3, -0.25) is 0 Å². The van der Waals surface area contributed by atoms with Crippen molar-refractivity contribution in [3.63, 3.8) is 0 Å². The van der Waals surface area contributed by atoms with Crippen molar-refractivity contribution in [1.29, 1.82) is 0 Å². The maximum atomic E-state index is 0. The summed E-state index contributed by atoms with van der Waals surface area (Å²) in [6, 6.07) is 0. The van der Waals surface area contributed by atoms with Crippen molar-refractivity contribution >= 4 is 23.1 Å². The summed E-state index contributed by atoms with van der Waals surface area (Å²) in [7, 11) is 0. The van der Waals surface area contributed by atoms with E-state index in [1.165, 1.54) is 0 Å². The second-order valence-electron chi connectivity index (χ2n) is 0. The molecule has 1 radical (unpaired) electrons. The Morgan fingerprint density at radius 1 is 1.25 bits per heavy atom. The van der Waals surface area contributed by atoms with E-state index in [1.807, 2.05) is 0 Å². The van der Waals surface area contributed by atoms with Crippen molar-refractivity contribution in [3.8, 4) is 0 Å². The van der Waals surface area contributed by atoms with Gasteiger partial charge in [0, 0.05) is 33.6 Å². The molecule has 0 aromatic heterocycles. The summed E-state index contributed by atoms with van der Waals surface area (Å²) in [5.74, 6) is 0. The fourth-order valence-electron chi connectivity index (χ4n) is 0. The summed E-state index contributed by atoms with van der Waals surface area (Å²) in [4.78, 5) is 0. The summed E-state index contributed by atoms with van der Waals surface area (Å²) >= 11 is 0. The molecule has 4 heavy (non-hydrogen) atoms. The summed E-state index contributed by atoms with van der Waals surface area (Å²) in [6.45, 7) is 0. The van der Waals surface area contributed by atoms with Gasteiger partial charge in [-0.15, -0.1) is 0 Å². The van der Waals surface area contributed by atoms with Crippen molar-refractivity contribution in [3.05, 3.63) is 0 Å². The fraction of sp³-hybridized carbons (Fsp3) is 0. The molecule has 1 nitrogen and oxygen atoms in total. The molecule has 0 spiro atoms. The van der Waals surface area contributed by atoms with Crippen LogP contribution in [-0.4, -0.2) is 28.5 Å². The Hall–Kier alpha value is 1.74. The normalized spacial score (nSPS) is 0. The second kappa shape index (κ2) is 21.9. The van der Waals surface area contributed by atoms with Gasteiger partial charge >= 0.3 is 23.1 Å². The minimum atomic E-state index is 0. The van der Waals surface area contributed by atoms with E-state index in [9.17, 15) is 0 Å². The van der Waals surface area contributed by atoms with Crippen LogP contribution in [0.1, 0.15) is 2.85 Å². The number of rotatable bonds is 0. The Bertz CT molecular complexity index is 13.5. The summed E-state index contributed by atoms with van der Waals surface area (Å²) in [5.41, 5.74) is 0. The van der Waals surface area contributed by atoms with Crippen LogP contribution in [0.5, 0.6) is 0 Å². The molecule has 0 fully saturated rings. The van der Waals surface area contributed by atoms with Gasteiger partial charge in [0.05, 0.1) is 0 Å². The van der Waals surface area contributed by atoms with Gasteiger partial charge in [-0.1, -0.05) is 0 Å². The molecule has 0 atom stereocenters. The molecule has 0 aliphatic carbocycles. The first-order chi connectivity index (χ1) is 0. The molecular formula is H4MgMnNiO. The topological polar surface area (TPSA) is 31.5 Å². The Labute approximate surface area is 64.7 Å². The minimum absolute atomic E-state index is 0. The zero-order valence-electron chi connectivity index (χ0n) is 3.90. The maximum absolute atomic E-state index is 0. The first kappa shape index (κ1) is 42.6. The predicted octanol–water partition coefficient (Wildman–Crippen LogP) is -0.986. The van der Waals surface area contributed by atoms with E-state index in [4.69, 9.17) is 0 Å². The van der Waals surface area contributed by atoms with Crippen molar-refractivity contribution in [2.45, 2.75) is 0 Å². The molecule has 0 unspecified atom stereocenters. The van der Waals surface area contributed by atoms with Gasteiger partial charge in [0.2, 0.25) is 0 Å². The SMILES string of the molecule is O.[H-].[H-].[Mg+2].[Mn].[Ni]. The van der Waals surface area contributed by atoms with Crippen molar-refractivity contribution in [1.82, 2.24) is 0 Å². The van der Waals surface area contributed by atoms with Crippen LogP contribution in [0.15, 0.2) is 0 Å². The molecule has 0 saturated carbocycles. The van der Waals surface area contributed by atoms with E-state index >= 15 is 0 Å². The van der Waals surface area contributed by atoms with Crippen LogP contribution < -0.4 is 0 Å².